The molecule has 2 rings (SSSR count). The van der Waals surface area contributed by atoms with E-state index in [9.17, 15) is 13.2 Å². The zero-order chi connectivity index (χ0) is 14.0. The van der Waals surface area contributed by atoms with E-state index in [4.69, 9.17) is 5.73 Å². The zero-order valence-corrected chi connectivity index (χ0v) is 10.5. The normalized spacial score (nSPS) is 14.2. The predicted molar refractivity (Wildman–Crippen MR) is 68.0 cm³/mol. The van der Waals surface area contributed by atoms with Crippen LogP contribution in [0.15, 0.2) is 42.5 Å². The first-order chi connectivity index (χ1) is 8.88. The average molecular weight is 265 g/mol. The molecule has 0 aliphatic carbocycles. The van der Waals surface area contributed by atoms with E-state index in [1.165, 1.54) is 18.2 Å². The molecule has 1 nitrogen and oxygen atoms in total. The van der Waals surface area contributed by atoms with Crippen molar-refractivity contribution in [1.29, 1.82) is 0 Å². The maximum absolute atomic E-state index is 13.2. The minimum absolute atomic E-state index is 0.324. The standard InChI is InChI=1S/C15H14F3N/c1-15(19,9-10-2-5-12(16)6-3-10)11-4-7-13(17)14(18)8-11/h2-8H,9,19H2,1H3. The van der Waals surface area contributed by atoms with Crippen LogP contribution in [0.5, 0.6) is 0 Å². The van der Waals surface area contributed by atoms with Crippen molar-refractivity contribution in [1.82, 2.24) is 0 Å². The van der Waals surface area contributed by atoms with Gasteiger partial charge in [0.05, 0.1) is 0 Å². The van der Waals surface area contributed by atoms with Gasteiger partial charge in [0.1, 0.15) is 5.82 Å². The quantitative estimate of drug-likeness (QED) is 0.902. The van der Waals surface area contributed by atoms with Gasteiger partial charge < -0.3 is 5.73 Å². The van der Waals surface area contributed by atoms with Crippen molar-refractivity contribution in [3.63, 3.8) is 0 Å². The molecular formula is C15H14F3N. The smallest absolute Gasteiger partial charge is 0.159 e. The van der Waals surface area contributed by atoms with E-state index < -0.39 is 17.2 Å². The summed E-state index contributed by atoms with van der Waals surface area (Å²) in [5, 5.41) is 0. The zero-order valence-electron chi connectivity index (χ0n) is 10.5. The second kappa shape index (κ2) is 5.05. The molecule has 0 heterocycles. The Balaban J connectivity index is 2.26. The molecule has 19 heavy (non-hydrogen) atoms. The molecular weight excluding hydrogens is 251 g/mol. The molecule has 2 N–H and O–H groups in total. The molecule has 0 aromatic heterocycles. The summed E-state index contributed by atoms with van der Waals surface area (Å²) in [4.78, 5) is 0. The molecule has 0 fully saturated rings. The summed E-state index contributed by atoms with van der Waals surface area (Å²) in [6.45, 7) is 1.73. The van der Waals surface area contributed by atoms with Crippen LogP contribution in [0.2, 0.25) is 0 Å². The van der Waals surface area contributed by atoms with Crippen LogP contribution < -0.4 is 5.73 Å². The number of halogens is 3. The van der Waals surface area contributed by atoms with E-state index in [-0.39, 0.29) is 5.82 Å². The Kier molecular flexibility index (Phi) is 3.62. The first kappa shape index (κ1) is 13.6. The highest BCUT2D eigenvalue weighted by atomic mass is 19.2. The van der Waals surface area contributed by atoms with Crippen LogP contribution in [0.1, 0.15) is 18.1 Å². The number of nitrogens with two attached hydrogens (primary N) is 1. The molecule has 1 atom stereocenters. The van der Waals surface area contributed by atoms with Crippen molar-refractivity contribution in [3.05, 3.63) is 71.0 Å². The number of rotatable bonds is 3. The topological polar surface area (TPSA) is 26.0 Å². The van der Waals surface area contributed by atoms with Crippen LogP contribution in [0.3, 0.4) is 0 Å². The van der Waals surface area contributed by atoms with E-state index in [0.717, 1.165) is 17.7 Å². The Morgan fingerprint density at radius 1 is 0.947 bits per heavy atom. The van der Waals surface area contributed by atoms with Crippen LogP contribution in [0.4, 0.5) is 13.2 Å². The lowest BCUT2D eigenvalue weighted by atomic mass is 9.86. The summed E-state index contributed by atoms with van der Waals surface area (Å²) < 4.78 is 38.9. The Morgan fingerprint density at radius 3 is 2.16 bits per heavy atom. The van der Waals surface area contributed by atoms with Gasteiger partial charge in [0.15, 0.2) is 11.6 Å². The third-order valence-electron chi connectivity index (χ3n) is 3.06. The molecule has 0 spiro atoms. The molecule has 0 saturated heterocycles. The van der Waals surface area contributed by atoms with Gasteiger partial charge in [-0.2, -0.15) is 0 Å². The largest absolute Gasteiger partial charge is 0.321 e. The lowest BCUT2D eigenvalue weighted by Crippen LogP contribution is -2.35. The Morgan fingerprint density at radius 2 is 1.58 bits per heavy atom. The van der Waals surface area contributed by atoms with Crippen molar-refractivity contribution in [3.8, 4) is 0 Å². The highest BCUT2D eigenvalue weighted by Gasteiger charge is 2.23. The van der Waals surface area contributed by atoms with Gasteiger partial charge in [0, 0.05) is 5.54 Å². The summed E-state index contributed by atoms with van der Waals surface area (Å²) in [7, 11) is 0. The molecule has 2 aromatic rings. The van der Waals surface area contributed by atoms with Gasteiger partial charge in [-0.3, -0.25) is 0 Å². The summed E-state index contributed by atoms with van der Waals surface area (Å²) in [6, 6.07) is 9.55. The summed E-state index contributed by atoms with van der Waals surface area (Å²) in [6.07, 6.45) is 0.401. The molecule has 0 saturated carbocycles. The van der Waals surface area contributed by atoms with Crippen LogP contribution in [0.25, 0.3) is 0 Å². The van der Waals surface area contributed by atoms with Crippen LogP contribution >= 0.6 is 0 Å². The number of hydrogen-bond donors (Lipinski definition) is 1. The van der Waals surface area contributed by atoms with Gasteiger partial charge in [-0.05, 0) is 48.7 Å². The third kappa shape index (κ3) is 3.15. The molecule has 100 valence electrons. The maximum Gasteiger partial charge on any atom is 0.159 e. The molecule has 0 radical (unpaired) electrons. The predicted octanol–water partition coefficient (Wildman–Crippen LogP) is 3.52. The number of hydrogen-bond acceptors (Lipinski definition) is 1. The van der Waals surface area contributed by atoms with Crippen molar-refractivity contribution >= 4 is 0 Å². The van der Waals surface area contributed by atoms with E-state index in [1.807, 2.05) is 0 Å². The van der Waals surface area contributed by atoms with E-state index in [1.54, 1.807) is 19.1 Å². The lowest BCUT2D eigenvalue weighted by molar-refractivity contribution is 0.470. The Bertz CT molecular complexity index is 576. The second-order valence-electron chi connectivity index (χ2n) is 4.85. The minimum Gasteiger partial charge on any atom is -0.321 e. The van der Waals surface area contributed by atoms with Gasteiger partial charge in [-0.25, -0.2) is 13.2 Å². The SMILES string of the molecule is CC(N)(Cc1ccc(F)cc1)c1ccc(F)c(F)c1. The lowest BCUT2D eigenvalue weighted by Gasteiger charge is -2.25. The Labute approximate surface area is 109 Å². The molecule has 0 amide bonds. The highest BCUT2D eigenvalue weighted by molar-refractivity contribution is 5.28. The Hall–Kier alpha value is -1.81. The average Bonchev–Trinajstić information content (AvgIpc) is 2.35. The van der Waals surface area contributed by atoms with Gasteiger partial charge in [-0.15, -0.1) is 0 Å². The van der Waals surface area contributed by atoms with Gasteiger partial charge >= 0.3 is 0 Å². The van der Waals surface area contributed by atoms with E-state index in [0.29, 0.717) is 12.0 Å². The molecule has 0 aliphatic rings. The molecule has 0 bridgehead atoms. The van der Waals surface area contributed by atoms with Crippen LogP contribution in [0, 0.1) is 17.5 Å². The second-order valence-corrected chi connectivity index (χ2v) is 4.85. The minimum atomic E-state index is -0.923. The summed E-state index contributed by atoms with van der Waals surface area (Å²) >= 11 is 0. The molecule has 4 heteroatoms. The molecule has 0 aliphatic heterocycles. The van der Waals surface area contributed by atoms with Gasteiger partial charge in [0.2, 0.25) is 0 Å². The van der Waals surface area contributed by atoms with Gasteiger partial charge in [0.25, 0.3) is 0 Å². The first-order valence-electron chi connectivity index (χ1n) is 5.87. The molecule has 1 unspecified atom stereocenters. The summed E-state index contributed by atoms with van der Waals surface area (Å²) in [5.41, 5.74) is 6.62. The summed E-state index contributed by atoms with van der Waals surface area (Å²) in [5.74, 6) is -2.15. The van der Waals surface area contributed by atoms with Crippen molar-refractivity contribution in [2.45, 2.75) is 18.9 Å². The fourth-order valence-corrected chi connectivity index (χ4v) is 1.98. The first-order valence-corrected chi connectivity index (χ1v) is 5.87. The van der Waals surface area contributed by atoms with Crippen LogP contribution in [-0.4, -0.2) is 0 Å². The fraction of sp³-hybridized carbons (Fsp3) is 0.200. The fourth-order valence-electron chi connectivity index (χ4n) is 1.98. The van der Waals surface area contributed by atoms with Crippen molar-refractivity contribution in [2.24, 2.45) is 5.73 Å². The third-order valence-corrected chi connectivity index (χ3v) is 3.06. The monoisotopic (exact) mass is 265 g/mol. The van der Waals surface area contributed by atoms with Crippen molar-refractivity contribution in [2.75, 3.05) is 0 Å². The molecule has 2 aromatic carbocycles. The van der Waals surface area contributed by atoms with E-state index in [2.05, 4.69) is 0 Å². The maximum atomic E-state index is 13.2. The number of benzene rings is 2. The van der Waals surface area contributed by atoms with Crippen LogP contribution in [-0.2, 0) is 12.0 Å². The van der Waals surface area contributed by atoms with E-state index >= 15 is 0 Å². The van der Waals surface area contributed by atoms with Gasteiger partial charge in [-0.1, -0.05) is 18.2 Å². The highest BCUT2D eigenvalue weighted by Crippen LogP contribution is 2.24. The van der Waals surface area contributed by atoms with Crippen molar-refractivity contribution < 1.29 is 13.2 Å².